The number of aryl methyl sites for hydroxylation is 2. The minimum atomic E-state index is -4.49. The molecule has 4 rings (SSSR count). The van der Waals surface area contributed by atoms with Crippen molar-refractivity contribution in [3.63, 3.8) is 0 Å². The lowest BCUT2D eigenvalue weighted by atomic mass is 9.95. The summed E-state index contributed by atoms with van der Waals surface area (Å²) in [5.74, 6) is -0.617. The minimum Gasteiger partial charge on any atom is -0.366 e. The molecule has 7 heteroatoms. The highest BCUT2D eigenvalue weighted by Gasteiger charge is 2.43. The lowest BCUT2D eigenvalue weighted by Crippen LogP contribution is -2.39. The third-order valence-electron chi connectivity index (χ3n) is 6.14. The molecule has 0 saturated carbocycles. The van der Waals surface area contributed by atoms with Crippen LogP contribution in [0.15, 0.2) is 48.2 Å². The topological polar surface area (TPSA) is 40.6 Å². The average molecular weight is 442 g/mol. The van der Waals surface area contributed by atoms with E-state index in [0.29, 0.717) is 35.8 Å². The number of carbonyl (C=O) groups is 2. The van der Waals surface area contributed by atoms with Crippen LogP contribution in [0.25, 0.3) is 5.57 Å². The van der Waals surface area contributed by atoms with Crippen LogP contribution in [0.3, 0.4) is 0 Å². The lowest BCUT2D eigenvalue weighted by molar-refractivity contribution is -0.137. The van der Waals surface area contributed by atoms with Gasteiger partial charge in [-0.05, 0) is 68.0 Å². The first-order chi connectivity index (χ1) is 15.1. The number of hydrogen-bond acceptors (Lipinski definition) is 3. The van der Waals surface area contributed by atoms with E-state index in [1.54, 1.807) is 0 Å². The van der Waals surface area contributed by atoms with Crippen molar-refractivity contribution < 1.29 is 22.8 Å². The second-order valence-corrected chi connectivity index (χ2v) is 8.73. The van der Waals surface area contributed by atoms with Crippen molar-refractivity contribution in [1.82, 2.24) is 4.90 Å². The molecule has 4 nitrogen and oxygen atoms in total. The number of rotatable bonds is 3. The summed E-state index contributed by atoms with van der Waals surface area (Å²) in [7, 11) is 0. The Balaban J connectivity index is 1.81. The second kappa shape index (κ2) is 8.11. The number of benzene rings is 2. The van der Waals surface area contributed by atoms with Gasteiger partial charge in [-0.2, -0.15) is 13.2 Å². The Morgan fingerprint density at radius 3 is 2.25 bits per heavy atom. The van der Waals surface area contributed by atoms with Gasteiger partial charge in [0.1, 0.15) is 5.70 Å². The normalized spacial score (nSPS) is 19.9. The molecule has 32 heavy (non-hydrogen) atoms. The van der Waals surface area contributed by atoms with Crippen molar-refractivity contribution >= 4 is 23.1 Å². The van der Waals surface area contributed by atoms with Crippen LogP contribution < -0.4 is 4.90 Å². The number of nitrogens with zero attached hydrogens (tertiary/aromatic N) is 2. The highest BCUT2D eigenvalue weighted by molar-refractivity contribution is 6.45. The van der Waals surface area contributed by atoms with Gasteiger partial charge in [0.05, 0.1) is 16.8 Å². The molecule has 1 saturated heterocycles. The number of halogens is 3. The van der Waals surface area contributed by atoms with Gasteiger partial charge in [-0.15, -0.1) is 0 Å². The van der Waals surface area contributed by atoms with Gasteiger partial charge in [-0.25, -0.2) is 4.90 Å². The van der Waals surface area contributed by atoms with Crippen molar-refractivity contribution in [2.45, 2.75) is 39.8 Å². The van der Waals surface area contributed by atoms with Crippen molar-refractivity contribution in [3.05, 3.63) is 70.4 Å². The van der Waals surface area contributed by atoms with Crippen LogP contribution in [0.4, 0.5) is 18.9 Å². The van der Waals surface area contributed by atoms with E-state index in [0.717, 1.165) is 41.0 Å². The fraction of sp³-hybridized carbons (Fsp3) is 0.360. The molecular weight excluding hydrogens is 417 g/mol. The van der Waals surface area contributed by atoms with Crippen LogP contribution in [-0.2, 0) is 15.8 Å². The molecule has 1 fully saturated rings. The molecular formula is C25H25F3N2O2. The first-order valence-corrected chi connectivity index (χ1v) is 10.7. The highest BCUT2D eigenvalue weighted by Crippen LogP contribution is 2.38. The molecule has 0 aliphatic carbocycles. The van der Waals surface area contributed by atoms with Crippen LogP contribution in [0, 0.1) is 19.8 Å². The molecule has 2 aromatic rings. The molecule has 2 aliphatic heterocycles. The Bertz CT molecular complexity index is 1100. The van der Waals surface area contributed by atoms with Gasteiger partial charge in [-0.3, -0.25) is 9.59 Å². The predicted molar refractivity (Wildman–Crippen MR) is 117 cm³/mol. The molecule has 1 atom stereocenters. The molecule has 2 heterocycles. The van der Waals surface area contributed by atoms with Gasteiger partial charge in [0.25, 0.3) is 11.8 Å². The van der Waals surface area contributed by atoms with Gasteiger partial charge >= 0.3 is 6.18 Å². The molecule has 2 amide bonds. The predicted octanol–water partition coefficient (Wildman–Crippen LogP) is 5.34. The Morgan fingerprint density at radius 2 is 1.66 bits per heavy atom. The van der Waals surface area contributed by atoms with Crippen LogP contribution >= 0.6 is 0 Å². The monoisotopic (exact) mass is 442 g/mol. The van der Waals surface area contributed by atoms with Gasteiger partial charge in [0.15, 0.2) is 0 Å². The number of anilines is 1. The number of amides is 2. The first kappa shape index (κ1) is 22.1. The van der Waals surface area contributed by atoms with Gasteiger partial charge < -0.3 is 4.90 Å². The fourth-order valence-electron chi connectivity index (χ4n) is 4.57. The maximum Gasteiger partial charge on any atom is 0.416 e. The summed E-state index contributed by atoms with van der Waals surface area (Å²) in [6.07, 6.45) is -2.53. The van der Waals surface area contributed by atoms with Gasteiger partial charge in [-0.1, -0.05) is 30.7 Å². The minimum absolute atomic E-state index is 0.135. The summed E-state index contributed by atoms with van der Waals surface area (Å²) in [5.41, 5.74) is 2.56. The third-order valence-corrected chi connectivity index (χ3v) is 6.14. The lowest BCUT2D eigenvalue weighted by Gasteiger charge is -2.33. The molecule has 168 valence electrons. The smallest absolute Gasteiger partial charge is 0.366 e. The molecule has 0 bridgehead atoms. The Morgan fingerprint density at radius 1 is 0.969 bits per heavy atom. The zero-order valence-corrected chi connectivity index (χ0v) is 18.3. The standard InChI is InChI=1S/C25H25F3N2O2/c1-15-6-11-20(17(3)13-15)21-22(29-12-4-5-16(2)14-29)24(32)30(23(21)31)19-9-7-18(8-10-19)25(26,27)28/h6-11,13,16H,4-5,12,14H2,1-3H3. The van der Waals surface area contributed by atoms with Crippen molar-refractivity contribution in [3.8, 4) is 0 Å². The van der Waals surface area contributed by atoms with E-state index >= 15 is 0 Å². The molecule has 2 aromatic carbocycles. The van der Waals surface area contributed by atoms with E-state index in [2.05, 4.69) is 6.92 Å². The maximum absolute atomic E-state index is 13.6. The molecule has 0 N–H and O–H groups in total. The summed E-state index contributed by atoms with van der Waals surface area (Å²) in [6.45, 7) is 7.27. The SMILES string of the molecule is Cc1ccc(C2=C(N3CCCC(C)C3)C(=O)N(c3ccc(C(F)(F)F)cc3)C2=O)c(C)c1. The summed E-state index contributed by atoms with van der Waals surface area (Å²) in [6, 6.07) is 9.85. The summed E-state index contributed by atoms with van der Waals surface area (Å²) in [4.78, 5) is 30.1. The first-order valence-electron chi connectivity index (χ1n) is 10.7. The number of imide groups is 1. The van der Waals surface area contributed by atoms with E-state index in [-0.39, 0.29) is 5.69 Å². The van der Waals surface area contributed by atoms with Crippen molar-refractivity contribution in [2.24, 2.45) is 5.92 Å². The Hall–Kier alpha value is -3.09. The van der Waals surface area contributed by atoms with E-state index in [1.807, 2.05) is 36.9 Å². The largest absolute Gasteiger partial charge is 0.416 e. The summed E-state index contributed by atoms with van der Waals surface area (Å²) in [5, 5.41) is 0. The Kier molecular flexibility index (Phi) is 5.61. The van der Waals surface area contributed by atoms with Crippen LogP contribution in [0.1, 0.15) is 42.0 Å². The van der Waals surface area contributed by atoms with E-state index < -0.39 is 23.6 Å². The maximum atomic E-state index is 13.6. The van der Waals surface area contributed by atoms with Crippen LogP contribution in [0.2, 0.25) is 0 Å². The number of carbonyl (C=O) groups excluding carboxylic acids is 2. The number of likely N-dealkylation sites (tertiary alicyclic amines) is 1. The van der Waals surface area contributed by atoms with Crippen LogP contribution in [-0.4, -0.2) is 29.8 Å². The van der Waals surface area contributed by atoms with Gasteiger partial charge in [0, 0.05) is 13.1 Å². The summed E-state index contributed by atoms with van der Waals surface area (Å²) >= 11 is 0. The zero-order valence-electron chi connectivity index (χ0n) is 18.3. The molecule has 0 radical (unpaired) electrons. The Labute approximate surface area is 185 Å². The molecule has 0 aromatic heterocycles. The average Bonchev–Trinajstić information content (AvgIpc) is 2.97. The van der Waals surface area contributed by atoms with Crippen molar-refractivity contribution in [1.29, 1.82) is 0 Å². The third kappa shape index (κ3) is 3.92. The molecule has 1 unspecified atom stereocenters. The summed E-state index contributed by atoms with van der Waals surface area (Å²) < 4.78 is 39.0. The second-order valence-electron chi connectivity index (χ2n) is 8.73. The number of alkyl halides is 3. The van der Waals surface area contributed by atoms with E-state index in [9.17, 15) is 22.8 Å². The molecule has 0 spiro atoms. The van der Waals surface area contributed by atoms with E-state index in [1.165, 1.54) is 12.1 Å². The van der Waals surface area contributed by atoms with Gasteiger partial charge in [0.2, 0.25) is 0 Å². The molecule has 2 aliphatic rings. The highest BCUT2D eigenvalue weighted by atomic mass is 19.4. The van der Waals surface area contributed by atoms with Crippen molar-refractivity contribution in [2.75, 3.05) is 18.0 Å². The quantitative estimate of drug-likeness (QED) is 0.603. The zero-order chi connectivity index (χ0) is 23.2. The number of piperidine rings is 1. The fourth-order valence-corrected chi connectivity index (χ4v) is 4.57. The van der Waals surface area contributed by atoms with Crippen LogP contribution in [0.5, 0.6) is 0 Å². The van der Waals surface area contributed by atoms with E-state index in [4.69, 9.17) is 0 Å². The number of hydrogen-bond donors (Lipinski definition) is 0.